The van der Waals surface area contributed by atoms with Crippen LogP contribution in [0.5, 0.6) is 0 Å². The van der Waals surface area contributed by atoms with Crippen molar-refractivity contribution in [3.8, 4) is 0 Å². The van der Waals surface area contributed by atoms with Gasteiger partial charge in [-0.1, -0.05) is 6.92 Å². The SMILES string of the molecule is Cc1cc2c(cn1)[C@@H](C)CNC2. The molecule has 0 radical (unpaired) electrons. The Hall–Kier alpha value is -0.890. The summed E-state index contributed by atoms with van der Waals surface area (Å²) in [6.45, 7) is 6.36. The molecule has 2 rings (SSSR count). The van der Waals surface area contributed by atoms with E-state index in [4.69, 9.17) is 0 Å². The Bertz CT molecular complexity index is 294. The Kier molecular flexibility index (Phi) is 1.85. The molecule has 1 N–H and O–H groups in total. The second kappa shape index (κ2) is 2.87. The maximum atomic E-state index is 4.32. The van der Waals surface area contributed by atoms with Crippen molar-refractivity contribution in [2.75, 3.05) is 6.54 Å². The predicted molar refractivity (Wildman–Crippen MR) is 49.1 cm³/mol. The Morgan fingerprint density at radius 3 is 3.25 bits per heavy atom. The molecule has 0 saturated carbocycles. The van der Waals surface area contributed by atoms with E-state index in [1.54, 1.807) is 0 Å². The van der Waals surface area contributed by atoms with Crippen molar-refractivity contribution < 1.29 is 0 Å². The Morgan fingerprint density at radius 2 is 2.42 bits per heavy atom. The largest absolute Gasteiger partial charge is 0.312 e. The highest BCUT2D eigenvalue weighted by atomic mass is 14.9. The van der Waals surface area contributed by atoms with Gasteiger partial charge < -0.3 is 5.32 Å². The van der Waals surface area contributed by atoms with Gasteiger partial charge >= 0.3 is 0 Å². The van der Waals surface area contributed by atoms with Gasteiger partial charge in [0.25, 0.3) is 0 Å². The lowest BCUT2D eigenvalue weighted by Crippen LogP contribution is -2.26. The molecule has 64 valence electrons. The van der Waals surface area contributed by atoms with Crippen LogP contribution >= 0.6 is 0 Å². The van der Waals surface area contributed by atoms with Gasteiger partial charge in [-0.15, -0.1) is 0 Å². The fourth-order valence-electron chi connectivity index (χ4n) is 1.76. The van der Waals surface area contributed by atoms with Crippen molar-refractivity contribution in [1.82, 2.24) is 10.3 Å². The highest BCUT2D eigenvalue weighted by Gasteiger charge is 2.15. The Labute approximate surface area is 73.0 Å². The predicted octanol–water partition coefficient (Wildman–Crippen LogP) is 1.60. The summed E-state index contributed by atoms with van der Waals surface area (Å²) in [6, 6.07) is 2.18. The van der Waals surface area contributed by atoms with Crippen LogP contribution in [0.3, 0.4) is 0 Å². The molecule has 0 aromatic carbocycles. The van der Waals surface area contributed by atoms with Gasteiger partial charge in [0.15, 0.2) is 0 Å². The molecule has 1 atom stereocenters. The Balaban J connectivity index is 2.46. The molecule has 0 amide bonds. The molecule has 0 fully saturated rings. The van der Waals surface area contributed by atoms with E-state index in [0.717, 1.165) is 18.8 Å². The minimum absolute atomic E-state index is 0.613. The molecule has 2 heterocycles. The number of pyridine rings is 1. The zero-order valence-corrected chi connectivity index (χ0v) is 7.59. The number of aromatic nitrogens is 1. The van der Waals surface area contributed by atoms with Crippen LogP contribution in [0.4, 0.5) is 0 Å². The minimum Gasteiger partial charge on any atom is -0.312 e. The third kappa shape index (κ3) is 1.23. The topological polar surface area (TPSA) is 24.9 Å². The highest BCUT2D eigenvalue weighted by molar-refractivity contribution is 5.31. The third-order valence-electron chi connectivity index (χ3n) is 2.46. The van der Waals surface area contributed by atoms with Crippen molar-refractivity contribution in [2.24, 2.45) is 0 Å². The second-order valence-corrected chi connectivity index (χ2v) is 3.56. The van der Waals surface area contributed by atoms with Gasteiger partial charge in [0, 0.05) is 25.0 Å². The monoisotopic (exact) mass is 162 g/mol. The van der Waals surface area contributed by atoms with Gasteiger partial charge in [-0.25, -0.2) is 0 Å². The standard InChI is InChI=1S/C10H14N2/c1-7-4-11-5-9-3-8(2)12-6-10(7)9/h3,6-7,11H,4-5H2,1-2H3/t7-/m0/s1. The van der Waals surface area contributed by atoms with Crippen molar-refractivity contribution >= 4 is 0 Å². The zero-order valence-electron chi connectivity index (χ0n) is 7.59. The van der Waals surface area contributed by atoms with E-state index >= 15 is 0 Å². The van der Waals surface area contributed by atoms with E-state index in [-0.39, 0.29) is 0 Å². The summed E-state index contributed by atoms with van der Waals surface area (Å²) in [4.78, 5) is 4.32. The van der Waals surface area contributed by atoms with Crippen LogP contribution < -0.4 is 5.32 Å². The summed E-state index contributed by atoms with van der Waals surface area (Å²) in [5.74, 6) is 0.613. The number of rotatable bonds is 0. The Morgan fingerprint density at radius 1 is 1.58 bits per heavy atom. The maximum absolute atomic E-state index is 4.32. The van der Waals surface area contributed by atoms with Crippen LogP contribution in [0.15, 0.2) is 12.3 Å². The lowest BCUT2D eigenvalue weighted by molar-refractivity contribution is 0.568. The molecule has 1 aromatic rings. The van der Waals surface area contributed by atoms with Gasteiger partial charge in [-0.05, 0) is 30.0 Å². The van der Waals surface area contributed by atoms with Crippen molar-refractivity contribution in [3.63, 3.8) is 0 Å². The lowest BCUT2D eigenvalue weighted by atomic mass is 9.94. The van der Waals surface area contributed by atoms with Gasteiger partial charge in [-0.3, -0.25) is 4.98 Å². The minimum atomic E-state index is 0.613. The molecule has 0 unspecified atom stereocenters. The van der Waals surface area contributed by atoms with Crippen LogP contribution in [0.25, 0.3) is 0 Å². The number of aryl methyl sites for hydroxylation is 1. The molecule has 1 aromatic heterocycles. The first kappa shape index (κ1) is 7.74. The van der Waals surface area contributed by atoms with E-state index in [1.807, 2.05) is 13.1 Å². The maximum Gasteiger partial charge on any atom is 0.0376 e. The highest BCUT2D eigenvalue weighted by Crippen LogP contribution is 2.22. The molecule has 0 bridgehead atoms. The first-order valence-electron chi connectivity index (χ1n) is 4.43. The van der Waals surface area contributed by atoms with E-state index in [1.165, 1.54) is 11.1 Å². The van der Waals surface area contributed by atoms with E-state index in [2.05, 4.69) is 23.3 Å². The molecular formula is C10H14N2. The van der Waals surface area contributed by atoms with Crippen LogP contribution in [0.1, 0.15) is 29.7 Å². The molecule has 0 spiro atoms. The summed E-state index contributed by atoms with van der Waals surface area (Å²) < 4.78 is 0. The van der Waals surface area contributed by atoms with E-state index in [0.29, 0.717) is 5.92 Å². The molecule has 1 aliphatic rings. The normalized spacial score (nSPS) is 22.0. The smallest absolute Gasteiger partial charge is 0.0376 e. The second-order valence-electron chi connectivity index (χ2n) is 3.56. The zero-order chi connectivity index (χ0) is 8.55. The molecule has 0 saturated heterocycles. The number of hydrogen-bond acceptors (Lipinski definition) is 2. The summed E-state index contributed by atoms with van der Waals surface area (Å²) in [5.41, 5.74) is 3.95. The van der Waals surface area contributed by atoms with Crippen molar-refractivity contribution in [2.45, 2.75) is 26.3 Å². The average molecular weight is 162 g/mol. The first-order chi connectivity index (χ1) is 5.77. The van der Waals surface area contributed by atoms with Gasteiger partial charge in [0.05, 0.1) is 0 Å². The van der Waals surface area contributed by atoms with E-state index in [9.17, 15) is 0 Å². The van der Waals surface area contributed by atoms with Crippen LogP contribution in [0.2, 0.25) is 0 Å². The number of fused-ring (bicyclic) bond motifs is 1. The summed E-state index contributed by atoms with van der Waals surface area (Å²) in [6.07, 6.45) is 2.02. The molecular weight excluding hydrogens is 148 g/mol. The summed E-state index contributed by atoms with van der Waals surface area (Å²) in [5, 5.41) is 3.39. The van der Waals surface area contributed by atoms with Crippen LogP contribution in [0, 0.1) is 6.92 Å². The molecule has 0 aliphatic carbocycles. The lowest BCUT2D eigenvalue weighted by Gasteiger charge is -2.22. The van der Waals surface area contributed by atoms with Crippen molar-refractivity contribution in [1.29, 1.82) is 0 Å². The third-order valence-corrected chi connectivity index (χ3v) is 2.46. The average Bonchev–Trinajstić information content (AvgIpc) is 2.04. The van der Waals surface area contributed by atoms with Gasteiger partial charge in [0.1, 0.15) is 0 Å². The van der Waals surface area contributed by atoms with E-state index < -0.39 is 0 Å². The first-order valence-corrected chi connectivity index (χ1v) is 4.43. The fraction of sp³-hybridized carbons (Fsp3) is 0.500. The molecule has 1 aliphatic heterocycles. The number of hydrogen-bond donors (Lipinski definition) is 1. The number of nitrogens with zero attached hydrogens (tertiary/aromatic N) is 1. The molecule has 2 nitrogen and oxygen atoms in total. The van der Waals surface area contributed by atoms with Crippen molar-refractivity contribution in [3.05, 3.63) is 29.1 Å². The number of nitrogens with one attached hydrogen (secondary N) is 1. The van der Waals surface area contributed by atoms with Gasteiger partial charge in [0.2, 0.25) is 0 Å². The molecule has 12 heavy (non-hydrogen) atoms. The summed E-state index contributed by atoms with van der Waals surface area (Å²) in [7, 11) is 0. The quantitative estimate of drug-likeness (QED) is 0.626. The van der Waals surface area contributed by atoms with Crippen LogP contribution in [-0.2, 0) is 6.54 Å². The molecule has 2 heteroatoms. The fourth-order valence-corrected chi connectivity index (χ4v) is 1.76. The van der Waals surface area contributed by atoms with Crippen LogP contribution in [-0.4, -0.2) is 11.5 Å². The van der Waals surface area contributed by atoms with Gasteiger partial charge in [-0.2, -0.15) is 0 Å². The summed E-state index contributed by atoms with van der Waals surface area (Å²) >= 11 is 0.